The molecule has 1 fully saturated rings. The molecule has 0 saturated carbocycles. The molecule has 0 amide bonds. The monoisotopic (exact) mass is 408 g/mol. The first kappa shape index (κ1) is 20.1. The van der Waals surface area contributed by atoms with Crippen LogP contribution in [0.4, 0.5) is 10.2 Å². The molecule has 2 atom stereocenters. The molecule has 0 aromatic carbocycles. The number of hydrogen-bond acceptors (Lipinski definition) is 7. The van der Waals surface area contributed by atoms with Crippen molar-refractivity contribution in [3.05, 3.63) is 36.2 Å². The third kappa shape index (κ3) is 4.20. The number of anilines is 1. The summed E-state index contributed by atoms with van der Waals surface area (Å²) in [5.41, 5.74) is 2.93. The van der Waals surface area contributed by atoms with Crippen LogP contribution in [0.5, 0.6) is 0 Å². The minimum absolute atomic E-state index is 0.289. The van der Waals surface area contributed by atoms with E-state index >= 15 is 0 Å². The highest BCUT2D eigenvalue weighted by atomic mass is 19.1. The fourth-order valence-electron chi connectivity index (χ4n) is 3.54. The van der Waals surface area contributed by atoms with Gasteiger partial charge in [-0.25, -0.2) is 9.37 Å². The second-order valence-electron chi connectivity index (χ2n) is 7.20. The molecule has 9 heteroatoms. The molecule has 0 spiro atoms. The Hall–Kier alpha value is -3.20. The van der Waals surface area contributed by atoms with Gasteiger partial charge in [-0.15, -0.1) is 0 Å². The van der Waals surface area contributed by atoms with Gasteiger partial charge >= 0.3 is 0 Å². The predicted octanol–water partition coefficient (Wildman–Crippen LogP) is 2.59. The molecule has 3 aromatic rings. The second kappa shape index (κ2) is 9.08. The number of pyridine rings is 2. The van der Waals surface area contributed by atoms with E-state index in [1.807, 2.05) is 36.1 Å². The van der Waals surface area contributed by atoms with E-state index in [0.717, 1.165) is 29.0 Å². The molecule has 1 aliphatic heterocycles. The molecule has 1 aliphatic rings. The van der Waals surface area contributed by atoms with Gasteiger partial charge in [0.1, 0.15) is 17.7 Å². The van der Waals surface area contributed by atoms with Crippen LogP contribution in [-0.4, -0.2) is 71.5 Å². The summed E-state index contributed by atoms with van der Waals surface area (Å²) in [6.07, 6.45) is 3.85. The van der Waals surface area contributed by atoms with Crippen LogP contribution in [0, 0.1) is 5.41 Å². The van der Waals surface area contributed by atoms with Gasteiger partial charge in [-0.3, -0.25) is 15.1 Å². The van der Waals surface area contributed by atoms with Crippen LogP contribution in [0.25, 0.3) is 22.3 Å². The SMILES string of the molecule is CCN=CC(C=N)c1cc2c(-c3cccc(N4CCNCC(F)C4)n3)n[nH]c2cn1. The van der Waals surface area contributed by atoms with Gasteiger partial charge in [0.25, 0.3) is 0 Å². The Morgan fingerprint density at radius 2 is 2.33 bits per heavy atom. The molecule has 0 radical (unpaired) electrons. The molecule has 0 aliphatic carbocycles. The largest absolute Gasteiger partial charge is 0.352 e. The Kier molecular flexibility index (Phi) is 6.08. The van der Waals surface area contributed by atoms with Gasteiger partial charge in [0, 0.05) is 44.0 Å². The fraction of sp³-hybridized carbons (Fsp3) is 0.381. The predicted molar refractivity (Wildman–Crippen MR) is 118 cm³/mol. The van der Waals surface area contributed by atoms with Gasteiger partial charge in [-0.05, 0) is 25.1 Å². The summed E-state index contributed by atoms with van der Waals surface area (Å²) in [4.78, 5) is 15.4. The Labute approximate surface area is 174 Å². The first-order chi connectivity index (χ1) is 14.7. The van der Waals surface area contributed by atoms with E-state index in [-0.39, 0.29) is 5.92 Å². The van der Waals surface area contributed by atoms with Crippen molar-refractivity contribution in [1.29, 1.82) is 5.41 Å². The van der Waals surface area contributed by atoms with Gasteiger partial charge in [0.2, 0.25) is 0 Å². The van der Waals surface area contributed by atoms with E-state index in [9.17, 15) is 4.39 Å². The average Bonchev–Trinajstić information content (AvgIpc) is 3.07. The summed E-state index contributed by atoms with van der Waals surface area (Å²) in [6, 6.07) is 7.64. The summed E-state index contributed by atoms with van der Waals surface area (Å²) in [5.74, 6) is 0.444. The third-order valence-electron chi connectivity index (χ3n) is 5.08. The smallest absolute Gasteiger partial charge is 0.130 e. The zero-order valence-electron chi connectivity index (χ0n) is 16.8. The van der Waals surface area contributed by atoms with Crippen LogP contribution < -0.4 is 10.2 Å². The van der Waals surface area contributed by atoms with Crippen molar-refractivity contribution in [2.24, 2.45) is 4.99 Å². The van der Waals surface area contributed by atoms with E-state index in [1.54, 1.807) is 12.4 Å². The molecule has 0 bridgehead atoms. The maximum absolute atomic E-state index is 14.0. The van der Waals surface area contributed by atoms with E-state index in [1.165, 1.54) is 6.21 Å². The number of fused-ring (bicyclic) bond motifs is 1. The number of aromatic amines is 1. The van der Waals surface area contributed by atoms with Crippen LogP contribution in [-0.2, 0) is 0 Å². The Balaban J connectivity index is 1.70. The normalized spacial score (nSPS) is 18.6. The molecule has 4 rings (SSSR count). The number of nitrogens with zero attached hydrogens (tertiary/aromatic N) is 5. The molecule has 3 N–H and O–H groups in total. The summed E-state index contributed by atoms with van der Waals surface area (Å²) in [5, 5.41) is 19.1. The lowest BCUT2D eigenvalue weighted by Gasteiger charge is -2.22. The van der Waals surface area contributed by atoms with Crippen molar-refractivity contribution in [2.45, 2.75) is 19.0 Å². The molecule has 2 unspecified atom stereocenters. The fourth-order valence-corrected chi connectivity index (χ4v) is 3.54. The number of hydrogen-bond donors (Lipinski definition) is 3. The number of halogens is 1. The van der Waals surface area contributed by atoms with Crippen LogP contribution in [0.1, 0.15) is 18.5 Å². The number of H-pyrrole nitrogens is 1. The van der Waals surface area contributed by atoms with Crippen molar-refractivity contribution in [2.75, 3.05) is 37.6 Å². The average molecular weight is 408 g/mol. The van der Waals surface area contributed by atoms with Crippen LogP contribution in [0.3, 0.4) is 0 Å². The zero-order valence-corrected chi connectivity index (χ0v) is 16.8. The lowest BCUT2D eigenvalue weighted by molar-refractivity contribution is 0.337. The number of nitrogens with one attached hydrogen (secondary N) is 3. The molecular formula is C21H25FN8. The Morgan fingerprint density at radius 1 is 1.43 bits per heavy atom. The second-order valence-corrected chi connectivity index (χ2v) is 7.20. The number of rotatable bonds is 6. The van der Waals surface area contributed by atoms with Crippen LogP contribution in [0.2, 0.25) is 0 Å². The minimum Gasteiger partial charge on any atom is -0.352 e. The first-order valence-electron chi connectivity index (χ1n) is 10.1. The summed E-state index contributed by atoms with van der Waals surface area (Å²) in [6.45, 7) is 4.71. The number of alkyl halides is 1. The van der Waals surface area contributed by atoms with Crippen molar-refractivity contribution >= 4 is 29.1 Å². The highest BCUT2D eigenvalue weighted by Crippen LogP contribution is 2.28. The maximum Gasteiger partial charge on any atom is 0.130 e. The topological polar surface area (TPSA) is 106 Å². The van der Waals surface area contributed by atoms with Crippen molar-refractivity contribution in [1.82, 2.24) is 25.5 Å². The lowest BCUT2D eigenvalue weighted by Crippen LogP contribution is -2.31. The Morgan fingerprint density at radius 3 is 3.17 bits per heavy atom. The zero-order chi connectivity index (χ0) is 20.9. The van der Waals surface area contributed by atoms with Gasteiger partial charge in [-0.2, -0.15) is 5.10 Å². The number of aromatic nitrogens is 4. The van der Waals surface area contributed by atoms with Crippen molar-refractivity contribution in [3.63, 3.8) is 0 Å². The molecular weight excluding hydrogens is 383 g/mol. The summed E-state index contributed by atoms with van der Waals surface area (Å²) >= 11 is 0. The summed E-state index contributed by atoms with van der Waals surface area (Å²) in [7, 11) is 0. The van der Waals surface area contributed by atoms with E-state index in [4.69, 9.17) is 10.4 Å². The lowest BCUT2D eigenvalue weighted by atomic mass is 10.0. The highest BCUT2D eigenvalue weighted by Gasteiger charge is 2.20. The quantitative estimate of drug-likeness (QED) is 0.544. The molecule has 30 heavy (non-hydrogen) atoms. The van der Waals surface area contributed by atoms with Gasteiger partial charge in [-0.1, -0.05) is 6.07 Å². The molecule has 1 saturated heterocycles. The van der Waals surface area contributed by atoms with Crippen LogP contribution >= 0.6 is 0 Å². The first-order valence-corrected chi connectivity index (χ1v) is 10.1. The number of aliphatic imine (C=N–C) groups is 1. The van der Waals surface area contributed by atoms with E-state index < -0.39 is 6.17 Å². The summed E-state index contributed by atoms with van der Waals surface area (Å²) < 4.78 is 14.0. The van der Waals surface area contributed by atoms with Crippen molar-refractivity contribution < 1.29 is 4.39 Å². The Bertz CT molecular complexity index is 1050. The third-order valence-corrected chi connectivity index (χ3v) is 5.08. The van der Waals surface area contributed by atoms with Gasteiger partial charge in [0.15, 0.2) is 0 Å². The van der Waals surface area contributed by atoms with E-state index in [0.29, 0.717) is 37.6 Å². The minimum atomic E-state index is -0.930. The van der Waals surface area contributed by atoms with Gasteiger partial charge < -0.3 is 15.6 Å². The molecule has 4 heterocycles. The van der Waals surface area contributed by atoms with Gasteiger partial charge in [0.05, 0.1) is 35.6 Å². The van der Waals surface area contributed by atoms with Crippen molar-refractivity contribution in [3.8, 4) is 11.4 Å². The molecule has 156 valence electrons. The molecule has 8 nitrogen and oxygen atoms in total. The van der Waals surface area contributed by atoms with Crippen LogP contribution in [0.15, 0.2) is 35.5 Å². The molecule has 3 aromatic heterocycles. The highest BCUT2D eigenvalue weighted by molar-refractivity contribution is 5.94. The van der Waals surface area contributed by atoms with E-state index in [2.05, 4.69) is 25.5 Å². The maximum atomic E-state index is 14.0. The standard InChI is InChI=1S/C21H25FN8/c1-2-24-10-14(9-23)18-8-16-19(12-26-18)28-29-21(16)17-4-3-5-20(27-17)30-7-6-25-11-15(22)13-30/h3-5,8-10,12,14-15,23,25H,2,6-7,11,13H2,1H3,(H,28,29).